The number of ether oxygens (including phenoxy) is 1. The number of carbonyl (C=O) groups excluding carboxylic acids is 2. The van der Waals surface area contributed by atoms with Gasteiger partial charge in [0.05, 0.1) is 11.5 Å². The highest BCUT2D eigenvalue weighted by Crippen LogP contribution is 2.50. The zero-order valence-electron chi connectivity index (χ0n) is 22.5. The molecule has 1 aliphatic heterocycles. The van der Waals surface area contributed by atoms with Crippen LogP contribution in [-0.4, -0.2) is 58.8 Å². The number of piperazine rings is 1. The molecule has 6 heteroatoms. The molecule has 3 aliphatic rings. The summed E-state index contributed by atoms with van der Waals surface area (Å²) < 4.78 is 5.70. The van der Waals surface area contributed by atoms with E-state index in [0.717, 1.165) is 29.2 Å². The predicted molar refractivity (Wildman–Crippen MR) is 146 cm³/mol. The molecule has 0 radical (unpaired) electrons. The van der Waals surface area contributed by atoms with Gasteiger partial charge in [-0.2, -0.15) is 0 Å². The van der Waals surface area contributed by atoms with Gasteiger partial charge in [0, 0.05) is 19.6 Å². The van der Waals surface area contributed by atoms with Crippen molar-refractivity contribution in [2.75, 3.05) is 19.6 Å². The van der Waals surface area contributed by atoms with E-state index in [1.165, 1.54) is 19.3 Å². The molecular weight excluding hydrogens is 464 g/mol. The zero-order chi connectivity index (χ0) is 26.2. The third-order valence-electron chi connectivity index (χ3n) is 8.79. The Labute approximate surface area is 220 Å². The van der Waals surface area contributed by atoms with Crippen LogP contribution in [0.15, 0.2) is 42.5 Å². The number of rotatable bonds is 4. The van der Waals surface area contributed by atoms with Crippen molar-refractivity contribution in [3.05, 3.63) is 48.0 Å². The maximum atomic E-state index is 14.6. The van der Waals surface area contributed by atoms with Crippen LogP contribution in [0.4, 0.5) is 4.79 Å². The van der Waals surface area contributed by atoms with Gasteiger partial charge in [0.25, 0.3) is 0 Å². The van der Waals surface area contributed by atoms with E-state index >= 15 is 0 Å². The van der Waals surface area contributed by atoms with Crippen LogP contribution in [0.2, 0.25) is 0 Å². The second-order valence-corrected chi connectivity index (χ2v) is 12.4. The smallest absolute Gasteiger partial charge is 0.410 e. The quantitative estimate of drug-likeness (QED) is 0.579. The van der Waals surface area contributed by atoms with Gasteiger partial charge in [-0.1, -0.05) is 68.1 Å². The predicted octanol–water partition coefficient (Wildman–Crippen LogP) is 5.42. The highest BCUT2D eigenvalue weighted by molar-refractivity contribution is 5.98. The molecule has 2 aromatic rings. The van der Waals surface area contributed by atoms with E-state index in [0.29, 0.717) is 44.3 Å². The van der Waals surface area contributed by atoms with Crippen LogP contribution in [0.5, 0.6) is 0 Å². The third kappa shape index (κ3) is 5.42. The molecule has 1 saturated heterocycles. The molecule has 5 unspecified atom stereocenters. The second kappa shape index (κ2) is 10.4. The Balaban J connectivity index is 1.56. The Morgan fingerprint density at radius 2 is 1.78 bits per heavy atom. The van der Waals surface area contributed by atoms with Gasteiger partial charge in [-0.05, 0) is 68.2 Å². The minimum Gasteiger partial charge on any atom is -0.444 e. The van der Waals surface area contributed by atoms with Gasteiger partial charge in [-0.3, -0.25) is 9.69 Å². The third-order valence-corrected chi connectivity index (χ3v) is 8.79. The summed E-state index contributed by atoms with van der Waals surface area (Å²) in [6.07, 6.45) is 6.56. The number of hydrogen-bond donors (Lipinski definition) is 2. The van der Waals surface area contributed by atoms with Crippen LogP contribution < -0.4 is 5.32 Å². The molecular formula is C31H42N2O4. The Morgan fingerprint density at radius 1 is 1.05 bits per heavy atom. The molecule has 5 rings (SSSR count). The van der Waals surface area contributed by atoms with E-state index in [-0.39, 0.29) is 5.78 Å². The number of hydrogen-bond acceptors (Lipinski definition) is 5. The molecule has 2 aromatic carbocycles. The molecule has 2 N–H and O–H groups in total. The molecule has 200 valence electrons. The van der Waals surface area contributed by atoms with Crippen molar-refractivity contribution < 1.29 is 19.4 Å². The van der Waals surface area contributed by atoms with Crippen LogP contribution in [-0.2, 0) is 9.53 Å². The Morgan fingerprint density at radius 3 is 2.57 bits per heavy atom. The molecule has 1 amide bonds. The molecule has 6 nitrogen and oxygen atoms in total. The lowest BCUT2D eigenvalue weighted by molar-refractivity contribution is -0.137. The van der Waals surface area contributed by atoms with Gasteiger partial charge >= 0.3 is 6.09 Å². The molecule has 2 saturated carbocycles. The first-order valence-corrected chi connectivity index (χ1v) is 14.1. The molecule has 37 heavy (non-hydrogen) atoms. The first-order valence-electron chi connectivity index (χ1n) is 14.1. The van der Waals surface area contributed by atoms with Gasteiger partial charge in [0.15, 0.2) is 5.78 Å². The summed E-state index contributed by atoms with van der Waals surface area (Å²) >= 11 is 0. The molecule has 2 aliphatic carbocycles. The maximum Gasteiger partial charge on any atom is 0.410 e. The SMILES string of the molecule is CC(C)(C)OC(=O)N1CCNCC1C(=O)C(c1cccc2ccccc12)C1(O)CCC2CCCCC2C1. The number of nitrogens with one attached hydrogen (secondary N) is 1. The minimum atomic E-state index is -1.14. The van der Waals surface area contributed by atoms with Crippen molar-refractivity contribution in [1.29, 1.82) is 0 Å². The summed E-state index contributed by atoms with van der Waals surface area (Å²) in [7, 11) is 0. The Bertz CT molecular complexity index is 1140. The molecule has 0 spiro atoms. The lowest BCUT2D eigenvalue weighted by Crippen LogP contribution is -2.61. The lowest BCUT2D eigenvalue weighted by Gasteiger charge is -2.48. The summed E-state index contributed by atoms with van der Waals surface area (Å²) in [5.41, 5.74) is -0.923. The molecule has 1 heterocycles. The van der Waals surface area contributed by atoms with E-state index in [9.17, 15) is 14.7 Å². The largest absolute Gasteiger partial charge is 0.444 e. The van der Waals surface area contributed by atoms with Gasteiger partial charge in [-0.15, -0.1) is 0 Å². The fraction of sp³-hybridized carbons (Fsp3) is 0.613. The average molecular weight is 507 g/mol. The van der Waals surface area contributed by atoms with Crippen LogP contribution in [0.1, 0.15) is 77.2 Å². The summed E-state index contributed by atoms with van der Waals surface area (Å²) in [4.78, 5) is 29.4. The van der Waals surface area contributed by atoms with E-state index in [1.807, 2.05) is 51.1 Å². The van der Waals surface area contributed by atoms with E-state index in [4.69, 9.17) is 4.74 Å². The topological polar surface area (TPSA) is 78.9 Å². The molecule has 0 bridgehead atoms. The molecule has 3 fully saturated rings. The minimum absolute atomic E-state index is 0.0915. The van der Waals surface area contributed by atoms with E-state index in [2.05, 4.69) is 17.4 Å². The second-order valence-electron chi connectivity index (χ2n) is 12.4. The van der Waals surface area contributed by atoms with Crippen molar-refractivity contribution in [2.45, 2.75) is 88.9 Å². The van der Waals surface area contributed by atoms with Crippen molar-refractivity contribution >= 4 is 22.6 Å². The van der Waals surface area contributed by atoms with Crippen LogP contribution >= 0.6 is 0 Å². The summed E-state index contributed by atoms with van der Waals surface area (Å²) in [6.45, 7) is 6.89. The number of benzene rings is 2. The number of nitrogens with zero attached hydrogens (tertiary/aromatic N) is 1. The van der Waals surface area contributed by atoms with Crippen LogP contribution in [0.25, 0.3) is 10.8 Å². The summed E-state index contributed by atoms with van der Waals surface area (Å²) in [5, 5.41) is 17.8. The molecule has 0 aromatic heterocycles. The normalized spacial score (nSPS) is 29.4. The highest BCUT2D eigenvalue weighted by Gasteiger charge is 2.51. The van der Waals surface area contributed by atoms with Crippen LogP contribution in [0, 0.1) is 11.8 Å². The lowest BCUT2D eigenvalue weighted by atomic mass is 9.60. The number of carbonyl (C=O) groups is 2. The van der Waals surface area contributed by atoms with Crippen molar-refractivity contribution in [3.8, 4) is 0 Å². The van der Waals surface area contributed by atoms with E-state index in [1.54, 1.807) is 4.90 Å². The number of Topliss-reactive ketones (excluding diaryl/α,β-unsaturated/α-hetero) is 1. The zero-order valence-corrected chi connectivity index (χ0v) is 22.5. The van der Waals surface area contributed by atoms with Gasteiger partial charge in [0.1, 0.15) is 11.6 Å². The highest BCUT2D eigenvalue weighted by atomic mass is 16.6. The fourth-order valence-corrected chi connectivity index (χ4v) is 7.09. The van der Waals surface area contributed by atoms with Gasteiger partial charge < -0.3 is 15.2 Å². The first-order chi connectivity index (χ1) is 17.7. The van der Waals surface area contributed by atoms with Crippen molar-refractivity contribution in [2.24, 2.45) is 11.8 Å². The molecule has 5 atom stereocenters. The monoisotopic (exact) mass is 506 g/mol. The fourth-order valence-electron chi connectivity index (χ4n) is 7.09. The Hall–Kier alpha value is -2.44. The van der Waals surface area contributed by atoms with Gasteiger partial charge in [0.2, 0.25) is 0 Å². The van der Waals surface area contributed by atoms with E-state index < -0.39 is 29.3 Å². The first kappa shape index (κ1) is 26.2. The van der Waals surface area contributed by atoms with Gasteiger partial charge in [-0.25, -0.2) is 4.79 Å². The Kier molecular flexibility index (Phi) is 7.34. The number of amides is 1. The number of fused-ring (bicyclic) bond motifs is 2. The summed E-state index contributed by atoms with van der Waals surface area (Å²) in [5.74, 6) is 0.290. The van der Waals surface area contributed by atoms with Crippen LogP contribution in [0.3, 0.4) is 0 Å². The number of ketones is 1. The van der Waals surface area contributed by atoms with Crippen molar-refractivity contribution in [1.82, 2.24) is 10.2 Å². The summed E-state index contributed by atoms with van der Waals surface area (Å²) in [6, 6.07) is 13.4. The van der Waals surface area contributed by atoms with Crippen molar-refractivity contribution in [3.63, 3.8) is 0 Å². The maximum absolute atomic E-state index is 14.6. The average Bonchev–Trinajstić information content (AvgIpc) is 2.88. The number of aliphatic hydroxyl groups is 1. The standard InChI is InChI=1S/C31H42N2O4/c1-30(2,3)37-29(35)33-18-17-32-20-26(33)28(34)27(25-14-8-12-22-10-6-7-13-24(22)25)31(36)16-15-21-9-4-5-11-23(21)19-31/h6-8,10,12-14,21,23,26-27,32,36H,4-5,9,11,15-20H2,1-3H3.